The fraction of sp³-hybridized carbons (Fsp3) is 0.533. The standard InChI is InChI=1S/C15H22N2O/c1-4-8-17(9-5-2)14(11-16)13-10-12(3)6-7-15(13)18/h6-7,10,14,18H,4-5,8-9H2,1-3H3. The van der Waals surface area contributed by atoms with Crippen LogP contribution in [0.1, 0.15) is 43.9 Å². The summed E-state index contributed by atoms with van der Waals surface area (Å²) in [4.78, 5) is 2.13. The molecule has 1 rings (SSSR count). The van der Waals surface area contributed by atoms with Crippen molar-refractivity contribution in [1.29, 1.82) is 5.26 Å². The SMILES string of the molecule is CCCN(CCC)C(C#N)c1cc(C)ccc1O. The molecule has 0 aromatic heterocycles. The fourth-order valence-corrected chi connectivity index (χ4v) is 2.19. The lowest BCUT2D eigenvalue weighted by Crippen LogP contribution is -2.29. The largest absolute Gasteiger partial charge is 0.508 e. The van der Waals surface area contributed by atoms with Gasteiger partial charge in [0.25, 0.3) is 0 Å². The first kappa shape index (κ1) is 14.5. The summed E-state index contributed by atoms with van der Waals surface area (Å²) in [5, 5.41) is 19.4. The molecule has 0 fully saturated rings. The van der Waals surface area contributed by atoms with Crippen LogP contribution in [-0.4, -0.2) is 23.1 Å². The van der Waals surface area contributed by atoms with Crippen LogP contribution in [-0.2, 0) is 0 Å². The van der Waals surface area contributed by atoms with E-state index in [1.54, 1.807) is 6.07 Å². The first-order valence-corrected chi connectivity index (χ1v) is 6.57. The predicted octanol–water partition coefficient (Wildman–Crippen LogP) is 3.39. The average molecular weight is 246 g/mol. The Morgan fingerprint density at radius 1 is 1.28 bits per heavy atom. The molecule has 18 heavy (non-hydrogen) atoms. The van der Waals surface area contributed by atoms with Gasteiger partial charge in [0.05, 0.1) is 6.07 Å². The number of nitriles is 1. The van der Waals surface area contributed by atoms with Crippen molar-refractivity contribution >= 4 is 0 Å². The number of hydrogen-bond donors (Lipinski definition) is 1. The van der Waals surface area contributed by atoms with E-state index in [4.69, 9.17) is 0 Å². The number of hydrogen-bond acceptors (Lipinski definition) is 3. The van der Waals surface area contributed by atoms with Crippen LogP contribution in [0, 0.1) is 18.3 Å². The van der Waals surface area contributed by atoms with Gasteiger partial charge in [-0.05, 0) is 45.0 Å². The van der Waals surface area contributed by atoms with E-state index in [0.29, 0.717) is 0 Å². The second kappa shape index (κ2) is 7.03. The maximum atomic E-state index is 9.94. The molecule has 0 aliphatic carbocycles. The third-order valence-electron chi connectivity index (χ3n) is 2.99. The smallest absolute Gasteiger partial charge is 0.127 e. The average Bonchev–Trinajstić information content (AvgIpc) is 2.35. The molecule has 1 unspecified atom stereocenters. The second-order valence-corrected chi connectivity index (χ2v) is 4.63. The van der Waals surface area contributed by atoms with E-state index < -0.39 is 0 Å². The van der Waals surface area contributed by atoms with E-state index in [9.17, 15) is 10.4 Å². The third-order valence-corrected chi connectivity index (χ3v) is 2.99. The van der Waals surface area contributed by atoms with Crippen LogP contribution in [0.2, 0.25) is 0 Å². The maximum Gasteiger partial charge on any atom is 0.127 e. The molecule has 0 radical (unpaired) electrons. The van der Waals surface area contributed by atoms with Crippen LogP contribution < -0.4 is 0 Å². The third kappa shape index (κ3) is 3.48. The molecule has 0 saturated carbocycles. The summed E-state index contributed by atoms with van der Waals surface area (Å²) in [5.74, 6) is 0.212. The van der Waals surface area contributed by atoms with E-state index >= 15 is 0 Å². The number of rotatable bonds is 6. The molecule has 3 heteroatoms. The number of aryl methyl sites for hydroxylation is 1. The first-order chi connectivity index (χ1) is 8.63. The van der Waals surface area contributed by atoms with Crippen molar-refractivity contribution in [2.75, 3.05) is 13.1 Å². The van der Waals surface area contributed by atoms with Gasteiger partial charge in [-0.2, -0.15) is 5.26 Å². The Morgan fingerprint density at radius 2 is 1.89 bits per heavy atom. The number of benzene rings is 1. The highest BCUT2D eigenvalue weighted by atomic mass is 16.3. The Morgan fingerprint density at radius 3 is 2.39 bits per heavy atom. The van der Waals surface area contributed by atoms with Crippen molar-refractivity contribution in [3.05, 3.63) is 29.3 Å². The fourth-order valence-electron chi connectivity index (χ4n) is 2.19. The van der Waals surface area contributed by atoms with Crippen LogP contribution >= 0.6 is 0 Å². The molecule has 0 aliphatic heterocycles. The zero-order valence-corrected chi connectivity index (χ0v) is 11.5. The van der Waals surface area contributed by atoms with Gasteiger partial charge in [0, 0.05) is 5.56 Å². The van der Waals surface area contributed by atoms with E-state index in [-0.39, 0.29) is 11.8 Å². The molecule has 0 bridgehead atoms. The van der Waals surface area contributed by atoms with E-state index in [2.05, 4.69) is 24.8 Å². The first-order valence-electron chi connectivity index (χ1n) is 6.57. The molecular weight excluding hydrogens is 224 g/mol. The summed E-state index contributed by atoms with van der Waals surface area (Å²) in [7, 11) is 0. The molecule has 3 nitrogen and oxygen atoms in total. The summed E-state index contributed by atoms with van der Waals surface area (Å²) in [6.45, 7) is 7.93. The minimum atomic E-state index is -0.357. The summed E-state index contributed by atoms with van der Waals surface area (Å²) >= 11 is 0. The number of nitrogens with zero attached hydrogens (tertiary/aromatic N) is 2. The van der Waals surface area contributed by atoms with Gasteiger partial charge in [-0.25, -0.2) is 0 Å². The van der Waals surface area contributed by atoms with Gasteiger partial charge in [0.15, 0.2) is 0 Å². The van der Waals surface area contributed by atoms with Crippen molar-refractivity contribution in [2.45, 2.75) is 39.7 Å². The predicted molar refractivity (Wildman–Crippen MR) is 73.4 cm³/mol. The summed E-state index contributed by atoms with van der Waals surface area (Å²) in [6.07, 6.45) is 2.01. The molecule has 0 aliphatic rings. The van der Waals surface area contributed by atoms with Crippen molar-refractivity contribution in [1.82, 2.24) is 4.90 Å². The summed E-state index contributed by atoms with van der Waals surface area (Å²) < 4.78 is 0. The summed E-state index contributed by atoms with van der Waals surface area (Å²) in [6, 6.07) is 7.40. The lowest BCUT2D eigenvalue weighted by Gasteiger charge is -2.27. The van der Waals surface area contributed by atoms with Gasteiger partial charge in [0.1, 0.15) is 11.8 Å². The molecular formula is C15H22N2O. The second-order valence-electron chi connectivity index (χ2n) is 4.63. The minimum absolute atomic E-state index is 0.212. The lowest BCUT2D eigenvalue weighted by atomic mass is 10.0. The Labute approximate surface area is 110 Å². The van der Waals surface area contributed by atoms with Gasteiger partial charge in [-0.15, -0.1) is 0 Å². The quantitative estimate of drug-likeness (QED) is 0.837. The number of phenolic OH excluding ortho intramolecular Hbond substituents is 1. The van der Waals surface area contributed by atoms with Gasteiger partial charge < -0.3 is 5.11 Å². The van der Waals surface area contributed by atoms with Crippen molar-refractivity contribution in [2.24, 2.45) is 0 Å². The highest BCUT2D eigenvalue weighted by Crippen LogP contribution is 2.29. The minimum Gasteiger partial charge on any atom is -0.508 e. The van der Waals surface area contributed by atoms with E-state index in [1.807, 2.05) is 19.1 Å². The van der Waals surface area contributed by atoms with Crippen LogP contribution in [0.15, 0.2) is 18.2 Å². The highest BCUT2D eigenvalue weighted by molar-refractivity contribution is 5.40. The van der Waals surface area contributed by atoms with Crippen molar-refractivity contribution < 1.29 is 5.11 Å². The zero-order chi connectivity index (χ0) is 13.5. The van der Waals surface area contributed by atoms with E-state index in [1.165, 1.54) is 0 Å². The molecule has 0 amide bonds. The molecule has 1 atom stereocenters. The molecule has 0 spiro atoms. The Bertz CT molecular complexity index is 417. The molecule has 98 valence electrons. The molecule has 0 saturated heterocycles. The van der Waals surface area contributed by atoms with Crippen LogP contribution in [0.3, 0.4) is 0 Å². The highest BCUT2D eigenvalue weighted by Gasteiger charge is 2.21. The van der Waals surface area contributed by atoms with Crippen LogP contribution in [0.25, 0.3) is 0 Å². The monoisotopic (exact) mass is 246 g/mol. The lowest BCUT2D eigenvalue weighted by molar-refractivity contribution is 0.233. The number of aromatic hydroxyl groups is 1. The molecule has 1 aromatic carbocycles. The topological polar surface area (TPSA) is 47.3 Å². The van der Waals surface area contributed by atoms with E-state index in [0.717, 1.165) is 37.1 Å². The van der Waals surface area contributed by atoms with Gasteiger partial charge in [-0.1, -0.05) is 25.5 Å². The van der Waals surface area contributed by atoms with Gasteiger partial charge >= 0.3 is 0 Å². The van der Waals surface area contributed by atoms with Gasteiger partial charge in [-0.3, -0.25) is 4.90 Å². The Kier molecular flexibility index (Phi) is 5.67. The number of phenols is 1. The summed E-state index contributed by atoms with van der Waals surface area (Å²) in [5.41, 5.74) is 1.79. The van der Waals surface area contributed by atoms with Crippen molar-refractivity contribution in [3.8, 4) is 11.8 Å². The molecule has 1 N–H and O–H groups in total. The molecule has 1 aromatic rings. The van der Waals surface area contributed by atoms with Gasteiger partial charge in [0.2, 0.25) is 0 Å². The Balaban J connectivity index is 3.06. The normalized spacial score (nSPS) is 12.4. The zero-order valence-electron chi connectivity index (χ0n) is 11.5. The van der Waals surface area contributed by atoms with Crippen LogP contribution in [0.4, 0.5) is 0 Å². The molecule has 0 heterocycles. The maximum absolute atomic E-state index is 9.94. The van der Waals surface area contributed by atoms with Crippen molar-refractivity contribution in [3.63, 3.8) is 0 Å². The van der Waals surface area contributed by atoms with Crippen LogP contribution in [0.5, 0.6) is 5.75 Å². The Hall–Kier alpha value is -1.53.